The first-order chi connectivity index (χ1) is 12.4. The number of hydrogen-bond donors (Lipinski definition) is 2. The monoisotopic (exact) mass is 360 g/mol. The lowest BCUT2D eigenvalue weighted by molar-refractivity contribution is -0.133. The van der Waals surface area contributed by atoms with E-state index in [4.69, 9.17) is 4.74 Å². The van der Waals surface area contributed by atoms with Gasteiger partial charge in [-0.3, -0.25) is 20.4 Å². The number of carbonyl (C=O) groups excluding carboxylic acids is 2. The van der Waals surface area contributed by atoms with Crippen LogP contribution in [0.15, 0.2) is 48.5 Å². The SMILES string of the molecule is CC(Oc1ccc(F)cc1)C(=O)NNC(=O)C1CC1c1ccc(F)cc1. The van der Waals surface area contributed by atoms with E-state index in [1.807, 2.05) is 0 Å². The largest absolute Gasteiger partial charge is 0.481 e. The number of amides is 2. The molecule has 1 saturated carbocycles. The zero-order chi connectivity index (χ0) is 18.7. The highest BCUT2D eigenvalue weighted by molar-refractivity contribution is 5.87. The van der Waals surface area contributed by atoms with Crippen molar-refractivity contribution in [1.29, 1.82) is 0 Å². The normalized spacial score (nSPS) is 19.3. The van der Waals surface area contributed by atoms with E-state index in [0.29, 0.717) is 12.2 Å². The smallest absolute Gasteiger partial charge is 0.279 e. The highest BCUT2D eigenvalue weighted by Crippen LogP contribution is 2.47. The number of ether oxygens (including phenoxy) is 1. The molecule has 0 saturated heterocycles. The Morgan fingerprint density at radius 2 is 1.58 bits per heavy atom. The van der Waals surface area contributed by atoms with Gasteiger partial charge in [0, 0.05) is 5.92 Å². The summed E-state index contributed by atoms with van der Waals surface area (Å²) in [5.41, 5.74) is 5.59. The summed E-state index contributed by atoms with van der Waals surface area (Å²) in [5, 5.41) is 0. The van der Waals surface area contributed by atoms with Gasteiger partial charge in [0.2, 0.25) is 5.91 Å². The molecule has 0 bridgehead atoms. The standard InChI is InChI=1S/C19H18F2N2O3/c1-11(26-15-8-6-14(21)7-9-15)18(24)22-23-19(25)17-10-16(17)12-2-4-13(20)5-3-12/h2-9,11,16-17H,10H2,1H3,(H,22,24)(H,23,25). The Balaban J connectivity index is 1.45. The van der Waals surface area contributed by atoms with Crippen LogP contribution in [0, 0.1) is 17.6 Å². The Labute approximate surface area is 149 Å². The number of carbonyl (C=O) groups is 2. The summed E-state index contributed by atoms with van der Waals surface area (Å²) in [7, 11) is 0. The number of halogens is 2. The molecule has 1 aliphatic rings. The minimum absolute atomic E-state index is 0.0281. The average Bonchev–Trinajstić information content (AvgIpc) is 3.42. The maximum absolute atomic E-state index is 12.9. The van der Waals surface area contributed by atoms with E-state index in [2.05, 4.69) is 10.9 Å². The molecule has 2 amide bonds. The molecule has 0 spiro atoms. The van der Waals surface area contributed by atoms with E-state index < -0.39 is 17.8 Å². The number of hydrazine groups is 1. The third-order valence-corrected chi connectivity index (χ3v) is 4.23. The Hall–Kier alpha value is -2.96. The number of hydrogen-bond acceptors (Lipinski definition) is 3. The van der Waals surface area contributed by atoms with Gasteiger partial charge >= 0.3 is 0 Å². The summed E-state index contributed by atoms with van der Waals surface area (Å²) >= 11 is 0. The number of nitrogens with one attached hydrogen (secondary N) is 2. The van der Waals surface area contributed by atoms with Crippen LogP contribution in [0.4, 0.5) is 8.78 Å². The molecule has 2 N–H and O–H groups in total. The Morgan fingerprint density at radius 3 is 2.19 bits per heavy atom. The maximum atomic E-state index is 12.9. The van der Waals surface area contributed by atoms with Gasteiger partial charge in [0.1, 0.15) is 17.4 Å². The zero-order valence-corrected chi connectivity index (χ0v) is 14.0. The lowest BCUT2D eigenvalue weighted by Gasteiger charge is -2.15. The van der Waals surface area contributed by atoms with E-state index in [1.54, 1.807) is 12.1 Å². The molecule has 3 unspecified atom stereocenters. The molecule has 2 aromatic carbocycles. The molecule has 7 heteroatoms. The summed E-state index contributed by atoms with van der Waals surface area (Å²) in [6.45, 7) is 1.52. The summed E-state index contributed by atoms with van der Waals surface area (Å²) in [6.07, 6.45) is -0.220. The van der Waals surface area contributed by atoms with Crippen molar-refractivity contribution in [2.75, 3.05) is 0 Å². The first kappa shape index (κ1) is 17.8. The predicted molar refractivity (Wildman–Crippen MR) is 90.0 cm³/mol. The van der Waals surface area contributed by atoms with Gasteiger partial charge in [0.25, 0.3) is 5.91 Å². The van der Waals surface area contributed by atoms with Crippen molar-refractivity contribution in [3.05, 3.63) is 65.7 Å². The molecule has 0 aliphatic heterocycles. The van der Waals surface area contributed by atoms with Crippen LogP contribution >= 0.6 is 0 Å². The molecule has 3 rings (SSSR count). The van der Waals surface area contributed by atoms with Crippen molar-refractivity contribution in [1.82, 2.24) is 10.9 Å². The predicted octanol–water partition coefficient (Wildman–Crippen LogP) is 2.68. The Kier molecular flexibility index (Phi) is 5.16. The molecule has 0 heterocycles. The Morgan fingerprint density at radius 1 is 1.00 bits per heavy atom. The van der Waals surface area contributed by atoms with Crippen molar-refractivity contribution in [2.45, 2.75) is 25.4 Å². The fourth-order valence-corrected chi connectivity index (χ4v) is 2.65. The number of benzene rings is 2. The molecule has 26 heavy (non-hydrogen) atoms. The second-order valence-electron chi connectivity index (χ2n) is 6.19. The van der Waals surface area contributed by atoms with Gasteiger partial charge in [-0.15, -0.1) is 0 Å². The first-order valence-corrected chi connectivity index (χ1v) is 8.21. The van der Waals surface area contributed by atoms with Crippen molar-refractivity contribution in [2.24, 2.45) is 5.92 Å². The molecule has 136 valence electrons. The lowest BCUT2D eigenvalue weighted by Crippen LogP contribution is -2.47. The minimum atomic E-state index is -0.868. The fourth-order valence-electron chi connectivity index (χ4n) is 2.65. The van der Waals surface area contributed by atoms with Gasteiger partial charge in [-0.05, 0) is 61.2 Å². The summed E-state index contributed by atoms with van der Waals surface area (Å²) in [6, 6.07) is 11.3. The maximum Gasteiger partial charge on any atom is 0.279 e. The van der Waals surface area contributed by atoms with Gasteiger partial charge in [-0.1, -0.05) is 12.1 Å². The molecular formula is C19H18F2N2O3. The van der Waals surface area contributed by atoms with Crippen molar-refractivity contribution < 1.29 is 23.1 Å². The second kappa shape index (κ2) is 7.51. The van der Waals surface area contributed by atoms with Crippen LogP contribution in [0.25, 0.3) is 0 Å². The van der Waals surface area contributed by atoms with Crippen molar-refractivity contribution >= 4 is 11.8 Å². The quantitative estimate of drug-likeness (QED) is 0.806. The molecule has 0 radical (unpaired) electrons. The van der Waals surface area contributed by atoms with Crippen LogP contribution in [-0.2, 0) is 9.59 Å². The van der Waals surface area contributed by atoms with Crippen molar-refractivity contribution in [3.63, 3.8) is 0 Å². The van der Waals surface area contributed by atoms with E-state index in [-0.39, 0.29) is 23.6 Å². The highest BCUT2D eigenvalue weighted by Gasteiger charge is 2.44. The summed E-state index contributed by atoms with van der Waals surface area (Å²) < 4.78 is 31.2. The third kappa shape index (κ3) is 4.36. The van der Waals surface area contributed by atoms with E-state index in [0.717, 1.165) is 5.56 Å². The second-order valence-corrected chi connectivity index (χ2v) is 6.19. The van der Waals surface area contributed by atoms with Gasteiger partial charge in [0.05, 0.1) is 0 Å². The molecule has 1 aliphatic carbocycles. The fraction of sp³-hybridized carbons (Fsp3) is 0.263. The van der Waals surface area contributed by atoms with E-state index >= 15 is 0 Å². The highest BCUT2D eigenvalue weighted by atomic mass is 19.1. The lowest BCUT2D eigenvalue weighted by atomic mass is 10.1. The molecule has 1 fully saturated rings. The van der Waals surface area contributed by atoms with Crippen molar-refractivity contribution in [3.8, 4) is 5.75 Å². The Bertz CT molecular complexity index is 779. The molecular weight excluding hydrogens is 342 g/mol. The van der Waals surface area contributed by atoms with Gasteiger partial charge in [-0.25, -0.2) is 8.78 Å². The van der Waals surface area contributed by atoms with Crippen LogP contribution < -0.4 is 15.6 Å². The first-order valence-electron chi connectivity index (χ1n) is 8.21. The molecule has 5 nitrogen and oxygen atoms in total. The van der Waals surface area contributed by atoms with Crippen LogP contribution in [0.5, 0.6) is 5.75 Å². The van der Waals surface area contributed by atoms with Gasteiger partial charge < -0.3 is 4.74 Å². The van der Waals surface area contributed by atoms with E-state index in [9.17, 15) is 18.4 Å². The van der Waals surface area contributed by atoms with Crippen LogP contribution in [0.1, 0.15) is 24.8 Å². The minimum Gasteiger partial charge on any atom is -0.481 e. The molecule has 2 aromatic rings. The number of rotatable bonds is 5. The van der Waals surface area contributed by atoms with Crippen LogP contribution in [0.2, 0.25) is 0 Å². The third-order valence-electron chi connectivity index (χ3n) is 4.23. The average molecular weight is 360 g/mol. The molecule has 0 aromatic heterocycles. The van der Waals surface area contributed by atoms with E-state index in [1.165, 1.54) is 43.3 Å². The summed E-state index contributed by atoms with van der Waals surface area (Å²) in [4.78, 5) is 24.1. The zero-order valence-electron chi connectivity index (χ0n) is 14.0. The molecule has 3 atom stereocenters. The van der Waals surface area contributed by atoms with Gasteiger partial charge in [0.15, 0.2) is 6.10 Å². The van der Waals surface area contributed by atoms with Gasteiger partial charge in [-0.2, -0.15) is 0 Å². The topological polar surface area (TPSA) is 67.4 Å². The van der Waals surface area contributed by atoms with Crippen LogP contribution in [0.3, 0.4) is 0 Å². The summed E-state index contributed by atoms with van der Waals surface area (Å²) in [5.74, 6) is -1.43. The van der Waals surface area contributed by atoms with Crippen LogP contribution in [-0.4, -0.2) is 17.9 Å².